The van der Waals surface area contributed by atoms with Crippen molar-refractivity contribution in [1.29, 1.82) is 0 Å². The van der Waals surface area contributed by atoms with E-state index in [0.29, 0.717) is 53.5 Å². The van der Waals surface area contributed by atoms with Crippen molar-refractivity contribution in [3.05, 3.63) is 141 Å². The van der Waals surface area contributed by atoms with Crippen molar-refractivity contribution >= 4 is 82.2 Å². The van der Waals surface area contributed by atoms with Gasteiger partial charge in [-0.1, -0.05) is 54.7 Å². The first-order valence-corrected chi connectivity index (χ1v) is 29.9. The highest BCUT2D eigenvalue weighted by molar-refractivity contribution is 7.52. The topological polar surface area (TPSA) is 295 Å². The number of fused-ring (bicyclic) bond motifs is 3. The zero-order valence-corrected chi connectivity index (χ0v) is 47.2. The molecule has 3 saturated heterocycles. The lowest BCUT2D eigenvalue weighted by Crippen LogP contribution is -2.62. The number of primary amides is 1. The van der Waals surface area contributed by atoms with Crippen LogP contribution in [-0.4, -0.2) is 121 Å². The number of piperidine rings is 1. The molecule has 5 aromatic rings. The van der Waals surface area contributed by atoms with Crippen LogP contribution in [0.5, 0.6) is 0 Å². The maximum Gasteiger partial charge on any atom is 0.399 e. The maximum atomic E-state index is 15.0. The van der Waals surface area contributed by atoms with E-state index in [0.717, 1.165) is 23.5 Å². The number of nitrogens with two attached hydrogens (primary N) is 1. The number of rotatable bonds is 19. The molecule has 446 valence electrons. The molecular weight excluding hydrogens is 1150 g/mol. The van der Waals surface area contributed by atoms with Crippen molar-refractivity contribution in [2.45, 2.75) is 126 Å². The van der Waals surface area contributed by atoms with Gasteiger partial charge >= 0.3 is 13.3 Å². The fourth-order valence-corrected chi connectivity index (χ4v) is 12.5. The average molecular weight is 1210 g/mol. The fourth-order valence-electron chi connectivity index (χ4n) is 11.1. The van der Waals surface area contributed by atoms with Gasteiger partial charge in [0.15, 0.2) is 0 Å². The van der Waals surface area contributed by atoms with Gasteiger partial charge in [-0.2, -0.15) is 8.78 Å². The number of hydrogen-bond acceptors (Lipinski definition) is 11. The first kappa shape index (κ1) is 61.3. The van der Waals surface area contributed by atoms with Gasteiger partial charge in [0.2, 0.25) is 41.4 Å². The Morgan fingerprint density at radius 2 is 1.55 bits per heavy atom. The molecule has 85 heavy (non-hydrogen) atoms. The van der Waals surface area contributed by atoms with Gasteiger partial charge in [-0.15, -0.1) is 11.3 Å². The van der Waals surface area contributed by atoms with Crippen molar-refractivity contribution in [1.82, 2.24) is 36.0 Å². The molecule has 4 aliphatic heterocycles. The second-order valence-corrected chi connectivity index (χ2v) is 24.0. The van der Waals surface area contributed by atoms with Crippen LogP contribution in [0.1, 0.15) is 131 Å². The van der Waals surface area contributed by atoms with Crippen LogP contribution in [0.4, 0.5) is 17.6 Å². The smallest absolute Gasteiger partial charge is 0.370 e. The molecule has 4 aliphatic rings. The van der Waals surface area contributed by atoms with Gasteiger partial charge in [0.25, 0.3) is 11.8 Å². The van der Waals surface area contributed by atoms with Gasteiger partial charge in [0, 0.05) is 72.7 Å². The van der Waals surface area contributed by atoms with E-state index < -0.39 is 102 Å². The molecule has 8 N–H and O–H groups in total. The molecular formula is C59H59F4N8O12PS. The number of thiophene rings is 1. The van der Waals surface area contributed by atoms with Gasteiger partial charge in [0.05, 0.1) is 10.9 Å². The third kappa shape index (κ3) is 13.9. The Kier molecular flexibility index (Phi) is 18.7. The van der Waals surface area contributed by atoms with Crippen LogP contribution in [0.2, 0.25) is 0 Å². The van der Waals surface area contributed by atoms with Crippen LogP contribution in [0.25, 0.3) is 10.1 Å². The molecule has 5 heterocycles. The molecule has 0 bridgehead atoms. The van der Waals surface area contributed by atoms with E-state index in [2.05, 4.69) is 33.1 Å². The number of carbonyl (C=O) groups is 9. The minimum absolute atomic E-state index is 0.0407. The first-order valence-electron chi connectivity index (χ1n) is 27.5. The van der Waals surface area contributed by atoms with Crippen molar-refractivity contribution < 1.29 is 75.1 Å². The number of nitrogens with one attached hydrogen (secondary N) is 4. The Labute approximate surface area is 488 Å². The number of unbranched alkanes of at least 4 members (excludes halogenated alkanes) is 3. The molecule has 0 aliphatic carbocycles. The van der Waals surface area contributed by atoms with Crippen LogP contribution < -0.4 is 27.0 Å². The lowest BCUT2D eigenvalue weighted by Gasteiger charge is -2.39. The van der Waals surface area contributed by atoms with Gasteiger partial charge in [-0.05, 0) is 122 Å². The maximum absolute atomic E-state index is 15.0. The van der Waals surface area contributed by atoms with E-state index in [1.54, 1.807) is 18.2 Å². The van der Waals surface area contributed by atoms with Crippen LogP contribution in [-0.2, 0) is 50.3 Å². The zero-order chi connectivity index (χ0) is 60.9. The Bertz CT molecular complexity index is 3540. The van der Waals surface area contributed by atoms with Gasteiger partial charge in [0.1, 0.15) is 35.8 Å². The summed E-state index contributed by atoms with van der Waals surface area (Å²) in [7, 11) is -5.95. The molecule has 3 fully saturated rings. The predicted molar refractivity (Wildman–Crippen MR) is 299 cm³/mol. The van der Waals surface area contributed by atoms with Crippen LogP contribution in [0, 0.1) is 23.5 Å². The van der Waals surface area contributed by atoms with Gasteiger partial charge < -0.3 is 46.2 Å². The molecule has 0 spiro atoms. The monoisotopic (exact) mass is 1210 g/mol. The van der Waals surface area contributed by atoms with E-state index in [4.69, 9.17) is 5.73 Å². The molecule has 1 aromatic heterocycles. The van der Waals surface area contributed by atoms with E-state index in [1.807, 2.05) is 0 Å². The minimum atomic E-state index is -5.95. The number of amides is 9. The largest absolute Gasteiger partial charge is 0.399 e. The summed E-state index contributed by atoms with van der Waals surface area (Å²) in [4.78, 5) is 145. The minimum Gasteiger partial charge on any atom is -0.370 e. The van der Waals surface area contributed by atoms with Crippen molar-refractivity contribution in [3.63, 3.8) is 0 Å². The number of carbonyl (C=O) groups excluding carboxylic acids is 9. The SMILES string of the molecule is NC(=O)CC[C@H](NC(=O)[C@@H]1CC[C@@H]2CCN(C(=O)CCCCCC#Cc3cccc4c3CN(C3CCC(=O)NC3=O)C4=O)C[C@H](NC(=O)c3cc4cc(C(F)(F)P(=O)(O)O)ccc4s3)C(=O)N21)C(=O)NC(c1ccc(F)cc1)c1ccc(F)cc1. The lowest BCUT2D eigenvalue weighted by atomic mass is 9.97. The number of benzene rings is 4. The Hall–Kier alpha value is -8.30. The number of imide groups is 1. The standard InChI is InChI=1S/C59H59F4N8O12PS/c60-38-16-11-34(12-17-38)52(35-13-18-39(61)19-14-35)68-53(75)43(21-25-49(64)72)65-55(77)46-22-20-40-27-28-69(32-44(58(80)71(40)46)66-56(78)48-30-36-29-37(15-24-47(36)85-48)59(62,63)84(81,82)83)51(74)10-5-3-1-2-4-7-33-8-6-9-41-42(33)31-70(57(41)79)45-23-26-50(73)67-54(45)76/h6,8-9,11-19,24,29-30,40,43-46,52H,1-3,5,10,20-23,25-28,31-32H2,(H2,64,72)(H,65,77)(H,66,78)(H,68,75)(H,67,73,76)(H2,81,82,83)/t40-,43+,44+,45?,46+/m1/s1. The summed E-state index contributed by atoms with van der Waals surface area (Å²) in [5.41, 5.74) is 2.49. The van der Waals surface area contributed by atoms with Gasteiger partial charge in [-0.25, -0.2) is 8.78 Å². The summed E-state index contributed by atoms with van der Waals surface area (Å²) in [5, 5.41) is 10.5. The van der Waals surface area contributed by atoms with Crippen molar-refractivity contribution in [2.24, 2.45) is 5.73 Å². The molecule has 26 heteroatoms. The molecule has 20 nitrogen and oxygen atoms in total. The molecule has 0 radical (unpaired) electrons. The lowest BCUT2D eigenvalue weighted by molar-refractivity contribution is -0.145. The summed E-state index contributed by atoms with van der Waals surface area (Å²) in [5.74, 6) is -0.444. The molecule has 5 atom stereocenters. The Morgan fingerprint density at radius 3 is 2.22 bits per heavy atom. The second-order valence-electron chi connectivity index (χ2n) is 21.3. The highest BCUT2D eigenvalue weighted by atomic mass is 32.1. The van der Waals surface area contributed by atoms with E-state index in [1.165, 1.54) is 75.4 Å². The molecule has 9 rings (SSSR count). The molecule has 0 saturated carbocycles. The highest BCUT2D eigenvalue weighted by Crippen LogP contribution is 2.59. The summed E-state index contributed by atoms with van der Waals surface area (Å²) in [6.07, 6.45) is 2.28. The fraction of sp³-hybridized carbons (Fsp3) is 0.373. The summed E-state index contributed by atoms with van der Waals surface area (Å²) < 4.78 is 69.6. The Balaban J connectivity index is 0.894. The van der Waals surface area contributed by atoms with E-state index in [-0.39, 0.29) is 104 Å². The second kappa shape index (κ2) is 25.9. The molecule has 4 aromatic carbocycles. The first-order chi connectivity index (χ1) is 40.5. The third-order valence-corrected chi connectivity index (χ3v) is 17.7. The van der Waals surface area contributed by atoms with Crippen LogP contribution >= 0.6 is 18.9 Å². The summed E-state index contributed by atoms with van der Waals surface area (Å²) >= 11 is 0.838. The van der Waals surface area contributed by atoms with Crippen molar-refractivity contribution in [2.75, 3.05) is 13.1 Å². The molecule has 9 amide bonds. The summed E-state index contributed by atoms with van der Waals surface area (Å²) in [6, 6.07) is 12.9. The third-order valence-electron chi connectivity index (χ3n) is 15.6. The Morgan fingerprint density at radius 1 is 0.847 bits per heavy atom. The van der Waals surface area contributed by atoms with Crippen LogP contribution in [0.15, 0.2) is 91.0 Å². The van der Waals surface area contributed by atoms with Gasteiger partial charge in [-0.3, -0.25) is 53.0 Å². The quantitative estimate of drug-likeness (QED) is 0.0177. The number of nitrogens with zero attached hydrogens (tertiary/aromatic N) is 3. The zero-order valence-electron chi connectivity index (χ0n) is 45.5. The summed E-state index contributed by atoms with van der Waals surface area (Å²) in [6.45, 7) is -0.112. The number of halogens is 4. The van der Waals surface area contributed by atoms with Crippen LogP contribution in [0.3, 0.4) is 0 Å². The highest BCUT2D eigenvalue weighted by Gasteiger charge is 2.51. The molecule has 1 unspecified atom stereocenters. The normalized spacial score (nSPS) is 19.3. The predicted octanol–water partition coefficient (Wildman–Crippen LogP) is 5.52. The van der Waals surface area contributed by atoms with E-state index >= 15 is 4.79 Å². The number of hydrogen-bond donors (Lipinski definition) is 7. The number of alkyl halides is 2. The van der Waals surface area contributed by atoms with Crippen molar-refractivity contribution in [3.8, 4) is 11.8 Å². The average Bonchev–Trinajstić information content (AvgIpc) is 3.88. The van der Waals surface area contributed by atoms with E-state index in [9.17, 15) is 70.3 Å².